The summed E-state index contributed by atoms with van der Waals surface area (Å²) in [5.41, 5.74) is 6.09. The molecule has 112 valence electrons. The van der Waals surface area contributed by atoms with Crippen molar-refractivity contribution in [1.82, 2.24) is 0 Å². The molecule has 0 bridgehead atoms. The maximum absolute atomic E-state index is 6.13. The molecular weight excluding hydrogens is 296 g/mol. The minimum atomic E-state index is 0.721. The maximum atomic E-state index is 6.13. The second kappa shape index (κ2) is 5.67. The van der Waals surface area contributed by atoms with E-state index in [1.807, 2.05) is 18.2 Å². The van der Waals surface area contributed by atoms with Crippen LogP contribution in [0.2, 0.25) is 5.02 Å². The summed E-state index contributed by atoms with van der Waals surface area (Å²) in [5, 5.41) is 4.15. The zero-order valence-electron chi connectivity index (χ0n) is 12.2. The van der Waals surface area contributed by atoms with Gasteiger partial charge in [0.2, 0.25) is 0 Å². The third kappa shape index (κ3) is 2.47. The first-order chi connectivity index (χ1) is 10.8. The van der Waals surface area contributed by atoms with Gasteiger partial charge in [-0.3, -0.25) is 0 Å². The molecule has 0 unspecified atom stereocenters. The summed E-state index contributed by atoms with van der Waals surface area (Å²) in [5.74, 6) is 0. The molecule has 2 aliphatic rings. The lowest BCUT2D eigenvalue weighted by atomic mass is 10.0. The van der Waals surface area contributed by atoms with Gasteiger partial charge in [0.25, 0.3) is 0 Å². The number of hydrogen-bond donors (Lipinski definition) is 1. The summed E-state index contributed by atoms with van der Waals surface area (Å²) in [6, 6.07) is 14.7. The average Bonchev–Trinajstić information content (AvgIpc) is 2.99. The largest absolute Gasteiger partial charge is 0.377 e. The van der Waals surface area contributed by atoms with Crippen molar-refractivity contribution in [2.75, 3.05) is 30.1 Å². The van der Waals surface area contributed by atoms with Crippen LogP contribution >= 0.6 is 11.6 Å². The normalized spacial score (nSPS) is 17.0. The second-order valence-corrected chi connectivity index (χ2v) is 5.96. The molecule has 1 N–H and O–H groups in total. The minimum absolute atomic E-state index is 0.721. The molecule has 4 rings (SSSR count). The summed E-state index contributed by atoms with van der Waals surface area (Å²) in [7, 11) is 0. The molecule has 3 nitrogen and oxygen atoms in total. The Morgan fingerprint density at radius 2 is 1.95 bits per heavy atom. The number of benzene rings is 2. The first kappa shape index (κ1) is 13.7. The van der Waals surface area contributed by atoms with E-state index < -0.39 is 0 Å². The molecule has 0 saturated carbocycles. The van der Waals surface area contributed by atoms with E-state index in [2.05, 4.69) is 40.6 Å². The number of nitrogens with one attached hydrogen (secondary N) is 1. The zero-order valence-corrected chi connectivity index (χ0v) is 12.9. The van der Waals surface area contributed by atoms with Gasteiger partial charge in [-0.2, -0.15) is 0 Å². The molecule has 0 aliphatic carbocycles. The predicted octanol–water partition coefficient (Wildman–Crippen LogP) is 4.66. The number of fused-ring (bicyclic) bond motifs is 1. The summed E-state index contributed by atoms with van der Waals surface area (Å²) in [6.45, 7) is 2.31. The Kier molecular flexibility index (Phi) is 3.53. The van der Waals surface area contributed by atoms with Crippen LogP contribution in [-0.4, -0.2) is 19.9 Å². The van der Waals surface area contributed by atoms with Gasteiger partial charge in [-0.25, -0.2) is 0 Å². The van der Waals surface area contributed by atoms with E-state index in [0.717, 1.165) is 42.7 Å². The fourth-order valence-corrected chi connectivity index (χ4v) is 3.17. The average molecular weight is 313 g/mol. The van der Waals surface area contributed by atoms with Crippen molar-refractivity contribution in [1.29, 1.82) is 0 Å². The van der Waals surface area contributed by atoms with E-state index in [1.54, 1.807) is 0 Å². The first-order valence-electron chi connectivity index (χ1n) is 7.49. The third-order valence-corrected chi connectivity index (χ3v) is 4.43. The standard InChI is InChI=1S/C18H17ClN2O/c19-15-3-6-17-18(11-15)21(12-20-17)16-4-1-13(2-5-16)14-7-9-22-10-8-14/h1-7,11,20H,8-10,12H2. The Morgan fingerprint density at radius 3 is 2.73 bits per heavy atom. The highest BCUT2D eigenvalue weighted by Gasteiger charge is 2.20. The first-order valence-corrected chi connectivity index (χ1v) is 7.87. The fourth-order valence-electron chi connectivity index (χ4n) is 3.00. The number of ether oxygens (including phenoxy) is 1. The minimum Gasteiger partial charge on any atom is -0.377 e. The molecular formula is C18H17ClN2O. The highest BCUT2D eigenvalue weighted by atomic mass is 35.5. The highest BCUT2D eigenvalue weighted by Crippen LogP contribution is 2.38. The van der Waals surface area contributed by atoms with Crippen LogP contribution in [0.25, 0.3) is 5.57 Å². The zero-order chi connectivity index (χ0) is 14.9. The van der Waals surface area contributed by atoms with E-state index in [9.17, 15) is 0 Å². The Balaban J connectivity index is 1.62. The number of nitrogens with zero attached hydrogens (tertiary/aromatic N) is 1. The van der Waals surface area contributed by atoms with Crippen molar-refractivity contribution in [3.63, 3.8) is 0 Å². The Labute approximate surface area is 135 Å². The third-order valence-electron chi connectivity index (χ3n) is 4.19. The van der Waals surface area contributed by atoms with Crippen LogP contribution in [0.3, 0.4) is 0 Å². The van der Waals surface area contributed by atoms with Crippen molar-refractivity contribution in [2.45, 2.75) is 6.42 Å². The fraction of sp³-hybridized carbons (Fsp3) is 0.222. The molecule has 2 aromatic carbocycles. The monoisotopic (exact) mass is 312 g/mol. The molecule has 0 fully saturated rings. The number of halogens is 1. The number of rotatable bonds is 2. The van der Waals surface area contributed by atoms with Crippen LogP contribution in [0.4, 0.5) is 17.1 Å². The van der Waals surface area contributed by atoms with Crippen LogP contribution in [0, 0.1) is 0 Å². The molecule has 0 aromatic heterocycles. The van der Waals surface area contributed by atoms with E-state index in [1.165, 1.54) is 16.8 Å². The smallest absolute Gasteiger partial charge is 0.0926 e. The summed E-state index contributed by atoms with van der Waals surface area (Å²) in [4.78, 5) is 2.24. The van der Waals surface area contributed by atoms with E-state index >= 15 is 0 Å². The van der Waals surface area contributed by atoms with Gasteiger partial charge in [-0.15, -0.1) is 0 Å². The molecule has 0 amide bonds. The van der Waals surface area contributed by atoms with Crippen molar-refractivity contribution >= 4 is 34.2 Å². The van der Waals surface area contributed by atoms with E-state index in [0.29, 0.717) is 0 Å². The maximum Gasteiger partial charge on any atom is 0.0926 e. The Morgan fingerprint density at radius 1 is 1.09 bits per heavy atom. The van der Waals surface area contributed by atoms with Gasteiger partial charge >= 0.3 is 0 Å². The summed E-state index contributed by atoms with van der Waals surface area (Å²) in [6.07, 6.45) is 3.16. The topological polar surface area (TPSA) is 24.5 Å². The molecule has 4 heteroatoms. The lowest BCUT2D eigenvalue weighted by Crippen LogP contribution is -2.16. The van der Waals surface area contributed by atoms with Gasteiger partial charge in [0.15, 0.2) is 0 Å². The molecule has 2 aromatic rings. The second-order valence-electron chi connectivity index (χ2n) is 5.53. The molecule has 0 saturated heterocycles. The van der Waals surface area contributed by atoms with E-state index in [-0.39, 0.29) is 0 Å². The van der Waals surface area contributed by atoms with Gasteiger partial charge in [-0.1, -0.05) is 29.8 Å². The summed E-state index contributed by atoms with van der Waals surface area (Å²) < 4.78 is 5.37. The van der Waals surface area contributed by atoms with Crippen molar-refractivity contribution in [2.24, 2.45) is 0 Å². The van der Waals surface area contributed by atoms with Crippen LogP contribution < -0.4 is 10.2 Å². The van der Waals surface area contributed by atoms with E-state index in [4.69, 9.17) is 16.3 Å². The SMILES string of the molecule is Clc1ccc2c(c1)N(c1ccc(C3=CCOCC3)cc1)CN2. The number of hydrogen-bond acceptors (Lipinski definition) is 3. The molecule has 2 heterocycles. The van der Waals surface area contributed by atoms with Crippen LogP contribution in [0.5, 0.6) is 0 Å². The summed E-state index contributed by atoms with van der Waals surface area (Å²) >= 11 is 6.13. The molecule has 0 radical (unpaired) electrons. The van der Waals surface area contributed by atoms with Gasteiger partial charge in [0, 0.05) is 10.7 Å². The van der Waals surface area contributed by atoms with Crippen LogP contribution in [0.15, 0.2) is 48.5 Å². The lowest BCUT2D eigenvalue weighted by molar-refractivity contribution is 0.161. The lowest BCUT2D eigenvalue weighted by Gasteiger charge is -2.19. The molecule has 0 atom stereocenters. The van der Waals surface area contributed by atoms with Crippen LogP contribution in [-0.2, 0) is 4.74 Å². The number of anilines is 3. The molecule has 2 aliphatic heterocycles. The van der Waals surface area contributed by atoms with Crippen molar-refractivity contribution in [3.8, 4) is 0 Å². The van der Waals surface area contributed by atoms with Crippen molar-refractivity contribution in [3.05, 3.63) is 59.1 Å². The van der Waals surface area contributed by atoms with Crippen molar-refractivity contribution < 1.29 is 4.74 Å². The molecule has 22 heavy (non-hydrogen) atoms. The van der Waals surface area contributed by atoms with Crippen LogP contribution in [0.1, 0.15) is 12.0 Å². The molecule has 0 spiro atoms. The van der Waals surface area contributed by atoms with Gasteiger partial charge in [0.05, 0.1) is 31.3 Å². The van der Waals surface area contributed by atoms with Gasteiger partial charge in [0.1, 0.15) is 0 Å². The van der Waals surface area contributed by atoms with Gasteiger partial charge < -0.3 is 15.0 Å². The van der Waals surface area contributed by atoms with Gasteiger partial charge in [-0.05, 0) is 47.9 Å². The Hall–Kier alpha value is -1.97. The highest BCUT2D eigenvalue weighted by molar-refractivity contribution is 6.31. The predicted molar refractivity (Wildman–Crippen MR) is 91.9 cm³/mol. The quantitative estimate of drug-likeness (QED) is 0.872. The Bertz CT molecular complexity index is 724.